The Balaban J connectivity index is 1.59. The molecule has 0 spiro atoms. The number of nitrogens with one attached hydrogen (secondary N) is 1. The quantitative estimate of drug-likeness (QED) is 0.881. The van der Waals surface area contributed by atoms with Crippen LogP contribution in [0, 0.1) is 0 Å². The van der Waals surface area contributed by atoms with Gasteiger partial charge in [-0.25, -0.2) is 0 Å². The van der Waals surface area contributed by atoms with Gasteiger partial charge in [0.2, 0.25) is 6.79 Å². The lowest BCUT2D eigenvalue weighted by atomic mass is 10.1. The second kappa shape index (κ2) is 7.12. The van der Waals surface area contributed by atoms with E-state index in [1.54, 1.807) is 32.4 Å². The summed E-state index contributed by atoms with van der Waals surface area (Å²) >= 11 is 0. The number of hydrogen-bond donors (Lipinski definition) is 1. The SMILES string of the molecule is COc1ccc(CCNC(=O)c2ccc3c(c2)OCO3)c(OC)c1. The van der Waals surface area contributed by atoms with Crippen molar-refractivity contribution in [2.45, 2.75) is 6.42 Å². The van der Waals surface area contributed by atoms with E-state index in [1.807, 2.05) is 18.2 Å². The van der Waals surface area contributed by atoms with Gasteiger partial charge in [-0.3, -0.25) is 4.79 Å². The van der Waals surface area contributed by atoms with Crippen LogP contribution in [-0.4, -0.2) is 33.5 Å². The molecule has 1 N–H and O–H groups in total. The highest BCUT2D eigenvalue weighted by molar-refractivity contribution is 5.94. The first-order valence-electron chi connectivity index (χ1n) is 7.60. The van der Waals surface area contributed by atoms with Gasteiger partial charge in [0.05, 0.1) is 14.2 Å². The number of hydrogen-bond acceptors (Lipinski definition) is 5. The van der Waals surface area contributed by atoms with Gasteiger partial charge in [-0.15, -0.1) is 0 Å². The molecule has 2 aromatic rings. The van der Waals surface area contributed by atoms with Crippen LogP contribution >= 0.6 is 0 Å². The summed E-state index contributed by atoms with van der Waals surface area (Å²) < 4.78 is 21.1. The molecule has 24 heavy (non-hydrogen) atoms. The summed E-state index contributed by atoms with van der Waals surface area (Å²) in [5.41, 5.74) is 1.55. The summed E-state index contributed by atoms with van der Waals surface area (Å²) in [7, 11) is 3.23. The third-order valence-electron chi connectivity index (χ3n) is 3.81. The van der Waals surface area contributed by atoms with Crippen LogP contribution < -0.4 is 24.3 Å². The summed E-state index contributed by atoms with van der Waals surface area (Å²) in [5.74, 6) is 2.58. The molecule has 3 rings (SSSR count). The summed E-state index contributed by atoms with van der Waals surface area (Å²) in [6.07, 6.45) is 0.656. The molecule has 0 radical (unpaired) electrons. The molecular formula is C18H19NO5. The first-order valence-corrected chi connectivity index (χ1v) is 7.60. The largest absolute Gasteiger partial charge is 0.497 e. The lowest BCUT2D eigenvalue weighted by Crippen LogP contribution is -2.25. The van der Waals surface area contributed by atoms with E-state index < -0.39 is 0 Å². The van der Waals surface area contributed by atoms with Crippen molar-refractivity contribution < 1.29 is 23.7 Å². The Morgan fingerprint density at radius 2 is 1.92 bits per heavy atom. The van der Waals surface area contributed by atoms with Gasteiger partial charge in [0.25, 0.3) is 5.91 Å². The van der Waals surface area contributed by atoms with Gasteiger partial charge in [-0.05, 0) is 36.2 Å². The molecule has 126 valence electrons. The highest BCUT2D eigenvalue weighted by Crippen LogP contribution is 2.32. The average Bonchev–Trinajstić information content (AvgIpc) is 3.09. The van der Waals surface area contributed by atoms with Gasteiger partial charge in [0.1, 0.15) is 11.5 Å². The molecule has 0 atom stereocenters. The molecular weight excluding hydrogens is 310 g/mol. The molecule has 0 fully saturated rings. The second-order valence-electron chi connectivity index (χ2n) is 5.25. The Hall–Kier alpha value is -2.89. The predicted octanol–water partition coefficient (Wildman–Crippen LogP) is 2.41. The van der Waals surface area contributed by atoms with Crippen LogP contribution in [0.2, 0.25) is 0 Å². The van der Waals surface area contributed by atoms with Gasteiger partial charge < -0.3 is 24.3 Å². The number of ether oxygens (including phenoxy) is 4. The molecule has 0 aliphatic carbocycles. The molecule has 1 aliphatic heterocycles. The smallest absolute Gasteiger partial charge is 0.251 e. The van der Waals surface area contributed by atoms with Gasteiger partial charge in [-0.1, -0.05) is 6.07 Å². The fourth-order valence-electron chi connectivity index (χ4n) is 2.51. The standard InChI is InChI=1S/C18H19NO5/c1-21-14-5-3-12(16(10-14)22-2)7-8-19-18(20)13-4-6-15-17(9-13)24-11-23-15/h3-6,9-10H,7-8,11H2,1-2H3,(H,19,20). The van der Waals surface area contributed by atoms with E-state index in [2.05, 4.69) is 5.32 Å². The number of benzene rings is 2. The van der Waals surface area contributed by atoms with E-state index in [4.69, 9.17) is 18.9 Å². The summed E-state index contributed by atoms with van der Waals surface area (Å²) in [6.45, 7) is 0.688. The Labute approximate surface area is 140 Å². The normalized spacial score (nSPS) is 11.9. The van der Waals surface area contributed by atoms with Crippen molar-refractivity contribution in [1.82, 2.24) is 5.32 Å². The first-order chi connectivity index (χ1) is 11.7. The third kappa shape index (κ3) is 3.37. The fourth-order valence-corrected chi connectivity index (χ4v) is 2.51. The van der Waals surface area contributed by atoms with Crippen molar-refractivity contribution >= 4 is 5.91 Å². The molecule has 1 aliphatic rings. The van der Waals surface area contributed by atoms with E-state index in [9.17, 15) is 4.79 Å². The molecule has 0 saturated heterocycles. The molecule has 0 saturated carbocycles. The van der Waals surface area contributed by atoms with Crippen molar-refractivity contribution in [3.05, 3.63) is 47.5 Å². The Kier molecular flexibility index (Phi) is 4.74. The number of methoxy groups -OCH3 is 2. The average molecular weight is 329 g/mol. The van der Waals surface area contributed by atoms with E-state index in [0.717, 1.165) is 17.1 Å². The van der Waals surface area contributed by atoms with Gasteiger partial charge >= 0.3 is 0 Å². The van der Waals surface area contributed by atoms with Crippen molar-refractivity contribution in [3.8, 4) is 23.0 Å². The zero-order chi connectivity index (χ0) is 16.9. The fraction of sp³-hybridized carbons (Fsp3) is 0.278. The second-order valence-corrected chi connectivity index (χ2v) is 5.25. The van der Waals surface area contributed by atoms with E-state index in [-0.39, 0.29) is 12.7 Å². The number of carbonyl (C=O) groups excluding carboxylic acids is 1. The number of fused-ring (bicyclic) bond motifs is 1. The van der Waals surface area contributed by atoms with E-state index in [1.165, 1.54) is 0 Å². The summed E-state index contributed by atoms with van der Waals surface area (Å²) in [4.78, 5) is 12.2. The van der Waals surface area contributed by atoms with Crippen LogP contribution in [0.25, 0.3) is 0 Å². The van der Waals surface area contributed by atoms with Crippen molar-refractivity contribution in [2.75, 3.05) is 27.6 Å². The maximum absolute atomic E-state index is 12.2. The molecule has 6 nitrogen and oxygen atoms in total. The lowest BCUT2D eigenvalue weighted by molar-refractivity contribution is 0.0953. The molecule has 0 aromatic heterocycles. The molecule has 1 amide bonds. The summed E-state index contributed by atoms with van der Waals surface area (Å²) in [6, 6.07) is 10.8. The minimum Gasteiger partial charge on any atom is -0.497 e. The van der Waals surface area contributed by atoms with Crippen LogP contribution in [-0.2, 0) is 6.42 Å². The maximum Gasteiger partial charge on any atom is 0.251 e. The number of carbonyl (C=O) groups is 1. The topological polar surface area (TPSA) is 66.0 Å². The van der Waals surface area contributed by atoms with Gasteiger partial charge in [-0.2, -0.15) is 0 Å². The monoisotopic (exact) mass is 329 g/mol. The van der Waals surface area contributed by atoms with E-state index >= 15 is 0 Å². The Morgan fingerprint density at radius 3 is 2.71 bits per heavy atom. The van der Waals surface area contributed by atoms with E-state index in [0.29, 0.717) is 30.0 Å². The van der Waals surface area contributed by atoms with Crippen molar-refractivity contribution in [1.29, 1.82) is 0 Å². The Bertz CT molecular complexity index is 744. The molecule has 0 bridgehead atoms. The van der Waals surface area contributed by atoms with Crippen LogP contribution in [0.5, 0.6) is 23.0 Å². The lowest BCUT2D eigenvalue weighted by Gasteiger charge is -2.11. The van der Waals surface area contributed by atoms with Crippen LogP contribution in [0.1, 0.15) is 15.9 Å². The minimum atomic E-state index is -0.152. The third-order valence-corrected chi connectivity index (χ3v) is 3.81. The Morgan fingerprint density at radius 1 is 1.08 bits per heavy atom. The predicted molar refractivity (Wildman–Crippen MR) is 88.1 cm³/mol. The number of amides is 1. The zero-order valence-electron chi connectivity index (χ0n) is 13.6. The highest BCUT2D eigenvalue weighted by atomic mass is 16.7. The zero-order valence-corrected chi connectivity index (χ0v) is 13.6. The van der Waals surface area contributed by atoms with Crippen LogP contribution in [0.3, 0.4) is 0 Å². The van der Waals surface area contributed by atoms with Crippen LogP contribution in [0.15, 0.2) is 36.4 Å². The van der Waals surface area contributed by atoms with Gasteiger partial charge in [0, 0.05) is 18.2 Å². The van der Waals surface area contributed by atoms with Gasteiger partial charge in [0.15, 0.2) is 11.5 Å². The molecule has 2 aromatic carbocycles. The minimum absolute atomic E-state index is 0.152. The summed E-state index contributed by atoms with van der Waals surface area (Å²) in [5, 5.41) is 2.90. The van der Waals surface area contributed by atoms with Crippen molar-refractivity contribution in [2.24, 2.45) is 0 Å². The highest BCUT2D eigenvalue weighted by Gasteiger charge is 2.16. The molecule has 0 unspecified atom stereocenters. The van der Waals surface area contributed by atoms with Crippen LogP contribution in [0.4, 0.5) is 0 Å². The molecule has 1 heterocycles. The number of rotatable bonds is 6. The van der Waals surface area contributed by atoms with Crippen molar-refractivity contribution in [3.63, 3.8) is 0 Å². The first kappa shape index (κ1) is 16.0. The maximum atomic E-state index is 12.2. The molecule has 6 heteroatoms.